The molecule has 0 aromatic carbocycles. The zero-order valence-electron chi connectivity index (χ0n) is 10.2. The van der Waals surface area contributed by atoms with Crippen molar-refractivity contribution in [1.29, 1.82) is 0 Å². The number of hydrogen-bond donors (Lipinski definition) is 1. The number of rotatable bonds is 7. The van der Waals surface area contributed by atoms with Crippen molar-refractivity contribution in [2.24, 2.45) is 0 Å². The molecule has 0 atom stereocenters. The van der Waals surface area contributed by atoms with Crippen LogP contribution in [0, 0.1) is 0 Å². The predicted octanol–water partition coefficient (Wildman–Crippen LogP) is 3.24. The van der Waals surface area contributed by atoms with Gasteiger partial charge >= 0.3 is 6.55 Å². The molecule has 2 aromatic rings. The van der Waals surface area contributed by atoms with Gasteiger partial charge in [0.05, 0.1) is 5.75 Å². The Bertz CT molecular complexity index is 513. The topological polar surface area (TPSA) is 55.6 Å². The van der Waals surface area contributed by atoms with Crippen LogP contribution in [0.4, 0.5) is 13.9 Å². The van der Waals surface area contributed by atoms with Crippen LogP contribution < -0.4 is 5.32 Å². The van der Waals surface area contributed by atoms with Gasteiger partial charge in [-0.25, -0.2) is 4.98 Å². The smallest absolute Gasteiger partial charge is 0.319 e. The van der Waals surface area contributed by atoms with Crippen LogP contribution in [-0.4, -0.2) is 26.3 Å². The summed E-state index contributed by atoms with van der Waals surface area (Å²) in [6, 6.07) is 0. The molecule has 5 nitrogen and oxygen atoms in total. The highest BCUT2D eigenvalue weighted by atomic mass is 32.2. The van der Waals surface area contributed by atoms with Crippen molar-refractivity contribution in [1.82, 2.24) is 19.7 Å². The Morgan fingerprint density at radius 2 is 2.32 bits per heavy atom. The Morgan fingerprint density at radius 1 is 1.47 bits per heavy atom. The summed E-state index contributed by atoms with van der Waals surface area (Å²) in [6.45, 7) is 0.345. The van der Waals surface area contributed by atoms with E-state index in [-0.39, 0.29) is 0 Å². The Hall–Kier alpha value is -1.22. The van der Waals surface area contributed by atoms with E-state index in [4.69, 9.17) is 0 Å². The number of thioether (sulfide) groups is 1. The zero-order valence-corrected chi connectivity index (χ0v) is 11.8. The van der Waals surface area contributed by atoms with Crippen LogP contribution >= 0.6 is 23.1 Å². The van der Waals surface area contributed by atoms with E-state index < -0.39 is 6.55 Å². The first kappa shape index (κ1) is 14.2. The molecule has 1 N–H and O–H groups in total. The molecule has 0 aliphatic rings. The molecule has 0 amide bonds. The minimum absolute atomic E-state index is 0.332. The Morgan fingerprint density at radius 3 is 3.05 bits per heavy atom. The van der Waals surface area contributed by atoms with Crippen LogP contribution in [0.5, 0.6) is 0 Å². The van der Waals surface area contributed by atoms with E-state index in [0.717, 1.165) is 27.0 Å². The van der Waals surface area contributed by atoms with E-state index in [0.29, 0.717) is 11.6 Å². The van der Waals surface area contributed by atoms with E-state index in [1.807, 2.05) is 0 Å². The summed E-state index contributed by atoms with van der Waals surface area (Å²) >= 11 is 2.77. The summed E-state index contributed by atoms with van der Waals surface area (Å²) in [7, 11) is 0. The second kappa shape index (κ2) is 6.80. The molecule has 0 saturated heterocycles. The second-order valence-corrected chi connectivity index (χ2v) is 5.82. The first-order valence-electron chi connectivity index (χ1n) is 5.70. The van der Waals surface area contributed by atoms with Gasteiger partial charge in [0.1, 0.15) is 5.82 Å². The SMILES string of the molecule is CCCNc1nnc(SCc2nccn2C(F)F)s1. The third kappa shape index (κ3) is 3.87. The van der Waals surface area contributed by atoms with Crippen molar-refractivity contribution >= 4 is 28.2 Å². The lowest BCUT2D eigenvalue weighted by Crippen LogP contribution is -2.01. The molecule has 2 aromatic heterocycles. The number of aromatic nitrogens is 4. The van der Waals surface area contributed by atoms with Gasteiger partial charge in [0.15, 0.2) is 4.34 Å². The summed E-state index contributed by atoms with van der Waals surface area (Å²) in [6.07, 6.45) is 3.65. The maximum absolute atomic E-state index is 12.6. The quantitative estimate of drug-likeness (QED) is 0.796. The number of nitrogens with zero attached hydrogens (tertiary/aromatic N) is 4. The molecule has 2 rings (SSSR count). The highest BCUT2D eigenvalue weighted by Gasteiger charge is 2.12. The van der Waals surface area contributed by atoms with Gasteiger partial charge in [-0.05, 0) is 6.42 Å². The standard InChI is InChI=1S/C10H13F2N5S2/c1-2-3-14-9-15-16-10(19-9)18-6-7-13-4-5-17(7)8(11)12/h4-5,8H,2-3,6H2,1H3,(H,14,15). The van der Waals surface area contributed by atoms with Crippen molar-refractivity contribution in [3.05, 3.63) is 18.2 Å². The number of anilines is 1. The van der Waals surface area contributed by atoms with E-state index >= 15 is 0 Å². The average molecular weight is 305 g/mol. The van der Waals surface area contributed by atoms with Crippen LogP contribution in [0.3, 0.4) is 0 Å². The summed E-state index contributed by atoms with van der Waals surface area (Å²) in [5, 5.41) is 11.8. The fourth-order valence-corrected chi connectivity index (χ4v) is 3.06. The van der Waals surface area contributed by atoms with Crippen LogP contribution in [0.1, 0.15) is 25.7 Å². The van der Waals surface area contributed by atoms with Gasteiger partial charge in [-0.15, -0.1) is 10.2 Å². The highest BCUT2D eigenvalue weighted by Crippen LogP contribution is 2.28. The van der Waals surface area contributed by atoms with Crippen molar-refractivity contribution in [3.63, 3.8) is 0 Å². The molecule has 0 aliphatic carbocycles. The lowest BCUT2D eigenvalue weighted by atomic mass is 10.5. The van der Waals surface area contributed by atoms with Gasteiger partial charge < -0.3 is 5.32 Å². The van der Waals surface area contributed by atoms with Crippen molar-refractivity contribution in [3.8, 4) is 0 Å². The largest absolute Gasteiger partial charge is 0.360 e. The fourth-order valence-electron chi connectivity index (χ4n) is 1.33. The Balaban J connectivity index is 1.91. The molecular weight excluding hydrogens is 292 g/mol. The minimum atomic E-state index is -2.56. The number of halogens is 2. The summed E-state index contributed by atoms with van der Waals surface area (Å²) in [4.78, 5) is 3.91. The van der Waals surface area contributed by atoms with Gasteiger partial charge in [0, 0.05) is 18.9 Å². The first-order chi connectivity index (χ1) is 9.20. The van der Waals surface area contributed by atoms with Gasteiger partial charge in [-0.3, -0.25) is 4.57 Å². The Labute approximate surface area is 117 Å². The average Bonchev–Trinajstić information content (AvgIpc) is 3.02. The molecule has 9 heteroatoms. The van der Waals surface area contributed by atoms with Crippen LogP contribution in [0.2, 0.25) is 0 Å². The number of imidazole rings is 1. The van der Waals surface area contributed by atoms with Crippen molar-refractivity contribution in [2.45, 2.75) is 30.0 Å². The second-order valence-electron chi connectivity index (χ2n) is 3.62. The lowest BCUT2D eigenvalue weighted by Gasteiger charge is -2.04. The van der Waals surface area contributed by atoms with Crippen molar-refractivity contribution < 1.29 is 8.78 Å². The predicted molar refractivity (Wildman–Crippen MR) is 71.7 cm³/mol. The molecule has 19 heavy (non-hydrogen) atoms. The maximum Gasteiger partial charge on any atom is 0.319 e. The maximum atomic E-state index is 12.6. The molecule has 0 fully saturated rings. The monoisotopic (exact) mass is 305 g/mol. The number of nitrogens with one attached hydrogen (secondary N) is 1. The summed E-state index contributed by atoms with van der Waals surface area (Å²) in [5.41, 5.74) is 0. The molecule has 0 bridgehead atoms. The molecule has 0 aliphatic heterocycles. The summed E-state index contributed by atoms with van der Waals surface area (Å²) < 4.78 is 26.8. The zero-order chi connectivity index (χ0) is 13.7. The van der Waals surface area contributed by atoms with Crippen LogP contribution in [0.25, 0.3) is 0 Å². The van der Waals surface area contributed by atoms with Gasteiger partial charge in [0.2, 0.25) is 5.13 Å². The van der Waals surface area contributed by atoms with Gasteiger partial charge in [-0.2, -0.15) is 8.78 Å². The number of hydrogen-bond acceptors (Lipinski definition) is 6. The molecule has 2 heterocycles. The summed E-state index contributed by atoms with van der Waals surface area (Å²) in [5.74, 6) is 0.679. The van der Waals surface area contributed by atoms with E-state index in [1.165, 1.54) is 35.5 Å². The Kier molecular flexibility index (Phi) is 5.08. The van der Waals surface area contributed by atoms with Crippen LogP contribution in [-0.2, 0) is 5.75 Å². The fraction of sp³-hybridized carbons (Fsp3) is 0.500. The van der Waals surface area contributed by atoms with Gasteiger partial charge in [0.25, 0.3) is 0 Å². The number of alkyl halides is 2. The van der Waals surface area contributed by atoms with E-state index in [1.54, 1.807) is 0 Å². The third-order valence-corrected chi connectivity index (χ3v) is 4.23. The van der Waals surface area contributed by atoms with Crippen molar-refractivity contribution in [2.75, 3.05) is 11.9 Å². The molecule has 104 valence electrons. The van der Waals surface area contributed by atoms with Crippen LogP contribution in [0.15, 0.2) is 16.7 Å². The minimum Gasteiger partial charge on any atom is -0.360 e. The molecule has 0 unspecified atom stereocenters. The van der Waals surface area contributed by atoms with E-state index in [2.05, 4.69) is 27.4 Å². The first-order valence-corrected chi connectivity index (χ1v) is 7.51. The molecule has 0 radical (unpaired) electrons. The molecule has 0 spiro atoms. The molecular formula is C10H13F2N5S2. The third-order valence-electron chi connectivity index (χ3n) is 2.22. The molecule has 0 saturated carbocycles. The van der Waals surface area contributed by atoms with Gasteiger partial charge in [-0.1, -0.05) is 30.0 Å². The lowest BCUT2D eigenvalue weighted by molar-refractivity contribution is 0.0678. The van der Waals surface area contributed by atoms with E-state index in [9.17, 15) is 8.78 Å². The normalized spacial score (nSPS) is 11.2. The highest BCUT2D eigenvalue weighted by molar-refractivity contribution is 8.00.